The van der Waals surface area contributed by atoms with Gasteiger partial charge in [-0.25, -0.2) is 0 Å². The van der Waals surface area contributed by atoms with E-state index in [1.165, 1.54) is 26.5 Å². The van der Waals surface area contributed by atoms with Crippen molar-refractivity contribution in [3.8, 4) is 22.3 Å². The summed E-state index contributed by atoms with van der Waals surface area (Å²) in [6.45, 7) is 0. The van der Waals surface area contributed by atoms with Gasteiger partial charge in [0.05, 0.1) is 6.07 Å². The van der Waals surface area contributed by atoms with E-state index < -0.39 is 0 Å². The summed E-state index contributed by atoms with van der Waals surface area (Å²) >= 11 is 0. The lowest BCUT2D eigenvalue weighted by molar-refractivity contribution is -0.700. The maximum absolute atomic E-state index is 14.4. The largest absolute Gasteiger partial charge is 1.00 e. The molecule has 5 aromatic rings. The van der Waals surface area contributed by atoms with Crippen molar-refractivity contribution >= 4 is 21.5 Å². The van der Waals surface area contributed by atoms with Gasteiger partial charge in [0.25, 0.3) is 0 Å². The molecule has 0 atom stereocenters. The summed E-state index contributed by atoms with van der Waals surface area (Å²) in [7, 11) is 1.72. The Hall–Kier alpha value is -2.79. The standard InChI is InChI=1S/C26H19FN.HI/c1-28-16-15-19(17-24(28)27)26-22-13-7-5-11-20(22)25(18-9-3-2-4-10-18)21-12-6-8-14-23(21)26;/h2-17H,1H3;1H/q+1;/p-1. The molecule has 0 amide bonds. The van der Waals surface area contributed by atoms with Crippen LogP contribution in [-0.4, -0.2) is 0 Å². The first-order valence-electron chi connectivity index (χ1n) is 9.38. The first-order valence-corrected chi connectivity index (χ1v) is 9.38. The molecular weight excluding hydrogens is 472 g/mol. The van der Waals surface area contributed by atoms with Crippen molar-refractivity contribution in [2.45, 2.75) is 0 Å². The smallest absolute Gasteiger partial charge is 0.359 e. The second-order valence-corrected chi connectivity index (χ2v) is 7.06. The number of hydrogen-bond donors (Lipinski definition) is 0. The molecule has 3 heteroatoms. The molecule has 1 heterocycles. The lowest BCUT2D eigenvalue weighted by Gasteiger charge is -2.17. The molecular formula is C26H19FIN. The van der Waals surface area contributed by atoms with Crippen LogP contribution in [0, 0.1) is 5.95 Å². The van der Waals surface area contributed by atoms with Gasteiger partial charge < -0.3 is 24.0 Å². The third-order valence-corrected chi connectivity index (χ3v) is 5.37. The molecule has 0 N–H and O–H groups in total. The Bertz CT molecular complexity index is 1270. The molecule has 0 unspecified atom stereocenters. The summed E-state index contributed by atoms with van der Waals surface area (Å²) in [5, 5.41) is 4.62. The van der Waals surface area contributed by atoms with Crippen molar-refractivity contribution in [1.29, 1.82) is 0 Å². The van der Waals surface area contributed by atoms with Gasteiger partial charge in [0.1, 0.15) is 7.05 Å². The first kappa shape index (κ1) is 19.5. The maximum Gasteiger partial charge on any atom is 0.359 e. The SMILES string of the molecule is C[n+]1ccc(-c2c3ccccc3c(-c3ccccc3)c3ccccc23)cc1F.[I-]. The van der Waals surface area contributed by atoms with Crippen LogP contribution in [-0.2, 0) is 7.05 Å². The minimum atomic E-state index is -0.252. The average molecular weight is 491 g/mol. The van der Waals surface area contributed by atoms with Crippen LogP contribution in [0.4, 0.5) is 4.39 Å². The zero-order valence-electron chi connectivity index (χ0n) is 15.9. The van der Waals surface area contributed by atoms with E-state index in [4.69, 9.17) is 0 Å². The van der Waals surface area contributed by atoms with E-state index in [0.717, 1.165) is 21.9 Å². The lowest BCUT2D eigenvalue weighted by Crippen LogP contribution is -3.00. The Morgan fingerprint density at radius 3 is 1.52 bits per heavy atom. The van der Waals surface area contributed by atoms with Crippen molar-refractivity contribution in [3.05, 3.63) is 103 Å². The van der Waals surface area contributed by atoms with Gasteiger partial charge in [0, 0.05) is 6.07 Å². The molecule has 0 fully saturated rings. The van der Waals surface area contributed by atoms with Crippen LogP contribution in [0.1, 0.15) is 0 Å². The van der Waals surface area contributed by atoms with Crippen molar-refractivity contribution in [2.75, 3.05) is 0 Å². The summed E-state index contributed by atoms with van der Waals surface area (Å²) < 4.78 is 15.9. The van der Waals surface area contributed by atoms with E-state index in [9.17, 15) is 4.39 Å². The van der Waals surface area contributed by atoms with Crippen LogP contribution in [0.5, 0.6) is 0 Å². The summed E-state index contributed by atoms with van der Waals surface area (Å²) in [6.07, 6.45) is 1.78. The van der Waals surface area contributed by atoms with E-state index in [2.05, 4.69) is 72.8 Å². The van der Waals surface area contributed by atoms with Gasteiger partial charge in [-0.15, -0.1) is 4.39 Å². The van der Waals surface area contributed by atoms with Crippen LogP contribution < -0.4 is 28.5 Å². The predicted molar refractivity (Wildman–Crippen MR) is 113 cm³/mol. The van der Waals surface area contributed by atoms with Crippen LogP contribution >= 0.6 is 0 Å². The number of pyridine rings is 1. The maximum atomic E-state index is 14.4. The molecule has 1 aromatic heterocycles. The highest BCUT2D eigenvalue weighted by Gasteiger charge is 2.17. The van der Waals surface area contributed by atoms with Gasteiger partial charge >= 0.3 is 5.95 Å². The quantitative estimate of drug-likeness (QED) is 0.155. The van der Waals surface area contributed by atoms with Gasteiger partial charge in [-0.05, 0) is 43.8 Å². The van der Waals surface area contributed by atoms with Crippen LogP contribution in [0.2, 0.25) is 0 Å². The van der Waals surface area contributed by atoms with Gasteiger partial charge in [-0.1, -0.05) is 78.9 Å². The summed E-state index contributed by atoms with van der Waals surface area (Å²) in [6, 6.07) is 30.9. The molecule has 0 saturated heterocycles. The fourth-order valence-corrected chi connectivity index (χ4v) is 4.05. The summed E-state index contributed by atoms with van der Waals surface area (Å²) in [5.41, 5.74) is 4.37. The van der Waals surface area contributed by atoms with Crippen molar-refractivity contribution < 1.29 is 32.9 Å². The van der Waals surface area contributed by atoms with Crippen LogP contribution in [0.3, 0.4) is 0 Å². The zero-order valence-corrected chi connectivity index (χ0v) is 18.1. The van der Waals surface area contributed by atoms with Gasteiger partial charge in [0.15, 0.2) is 6.20 Å². The van der Waals surface area contributed by atoms with Gasteiger partial charge in [0.2, 0.25) is 0 Å². The Balaban J connectivity index is 0.00000205. The topological polar surface area (TPSA) is 3.88 Å². The third-order valence-electron chi connectivity index (χ3n) is 5.37. The Kier molecular flexibility index (Phi) is 5.33. The molecule has 4 aromatic carbocycles. The highest BCUT2D eigenvalue weighted by atomic mass is 127. The number of aryl methyl sites for hydroxylation is 1. The fraction of sp³-hybridized carbons (Fsp3) is 0.0385. The normalized spacial score (nSPS) is 10.8. The fourth-order valence-electron chi connectivity index (χ4n) is 4.05. The molecule has 0 spiro atoms. The second-order valence-electron chi connectivity index (χ2n) is 7.06. The Morgan fingerprint density at radius 2 is 1.03 bits per heavy atom. The van der Waals surface area contributed by atoms with Crippen molar-refractivity contribution in [3.63, 3.8) is 0 Å². The molecule has 0 radical (unpaired) electrons. The lowest BCUT2D eigenvalue weighted by atomic mass is 9.86. The molecule has 1 nitrogen and oxygen atoms in total. The number of nitrogens with zero attached hydrogens (tertiary/aromatic N) is 1. The van der Waals surface area contributed by atoms with E-state index >= 15 is 0 Å². The molecule has 0 aliphatic rings. The minimum absolute atomic E-state index is 0. The second kappa shape index (κ2) is 7.91. The third kappa shape index (κ3) is 3.29. The van der Waals surface area contributed by atoms with E-state index in [1.54, 1.807) is 19.3 Å². The predicted octanol–water partition coefficient (Wildman–Crippen LogP) is 3.29. The molecule has 29 heavy (non-hydrogen) atoms. The average Bonchev–Trinajstić information content (AvgIpc) is 2.74. The summed E-state index contributed by atoms with van der Waals surface area (Å²) in [4.78, 5) is 0. The number of halogens is 2. The van der Waals surface area contributed by atoms with Crippen molar-refractivity contribution in [2.24, 2.45) is 7.05 Å². The highest BCUT2D eigenvalue weighted by molar-refractivity contribution is 6.21. The van der Waals surface area contributed by atoms with Crippen molar-refractivity contribution in [1.82, 2.24) is 0 Å². The molecule has 5 rings (SSSR count). The number of hydrogen-bond acceptors (Lipinski definition) is 0. The number of aromatic nitrogens is 1. The Labute approximate surface area is 186 Å². The zero-order chi connectivity index (χ0) is 19.1. The molecule has 0 bridgehead atoms. The summed E-state index contributed by atoms with van der Waals surface area (Å²) in [5.74, 6) is -0.252. The van der Waals surface area contributed by atoms with E-state index in [0.29, 0.717) is 0 Å². The van der Waals surface area contributed by atoms with E-state index in [1.807, 2.05) is 12.1 Å². The number of rotatable bonds is 2. The molecule has 142 valence electrons. The minimum Gasteiger partial charge on any atom is -1.00 e. The van der Waals surface area contributed by atoms with Gasteiger partial charge in [-0.3, -0.25) is 0 Å². The van der Waals surface area contributed by atoms with Crippen LogP contribution in [0.15, 0.2) is 97.2 Å². The molecule has 0 aliphatic heterocycles. The van der Waals surface area contributed by atoms with Gasteiger partial charge in [-0.2, -0.15) is 4.57 Å². The monoisotopic (exact) mass is 491 g/mol. The first-order chi connectivity index (χ1) is 13.7. The van der Waals surface area contributed by atoms with E-state index in [-0.39, 0.29) is 29.9 Å². The molecule has 0 aliphatic carbocycles. The van der Waals surface area contributed by atoms with Crippen LogP contribution in [0.25, 0.3) is 43.8 Å². The number of benzene rings is 4. The Morgan fingerprint density at radius 1 is 0.586 bits per heavy atom. The highest BCUT2D eigenvalue weighted by Crippen LogP contribution is 2.43. The number of fused-ring (bicyclic) bond motifs is 2. The molecule has 0 saturated carbocycles.